The lowest BCUT2D eigenvalue weighted by Gasteiger charge is -2.48. The SMILES string of the molecule is CCC[C@H]1C[C@@H](N(C(=O)N2CCC[C@H]2c2nn[nH]n2)c2ccccc2)CCN1C1CCCCC1. The fourth-order valence-electron chi connectivity index (χ4n) is 6.57. The number of likely N-dealkylation sites (tertiary alicyclic amines) is 2. The van der Waals surface area contributed by atoms with Crippen molar-refractivity contribution in [3.05, 3.63) is 36.2 Å². The third kappa shape index (κ3) is 4.83. The Morgan fingerprint density at radius 1 is 1.06 bits per heavy atom. The quantitative estimate of drug-likeness (QED) is 0.654. The van der Waals surface area contributed by atoms with Crippen molar-refractivity contribution >= 4 is 11.7 Å². The predicted octanol–water partition coefficient (Wildman–Crippen LogP) is 4.93. The molecule has 1 aromatic carbocycles. The summed E-state index contributed by atoms with van der Waals surface area (Å²) in [4.78, 5) is 21.0. The van der Waals surface area contributed by atoms with Crippen LogP contribution in [0.15, 0.2) is 30.3 Å². The molecule has 34 heavy (non-hydrogen) atoms. The average molecular weight is 466 g/mol. The molecule has 2 amide bonds. The van der Waals surface area contributed by atoms with E-state index in [-0.39, 0.29) is 18.1 Å². The number of carbonyl (C=O) groups excluding carboxylic acids is 1. The van der Waals surface area contributed by atoms with Gasteiger partial charge in [0, 0.05) is 36.9 Å². The summed E-state index contributed by atoms with van der Waals surface area (Å²) >= 11 is 0. The molecule has 3 atom stereocenters. The first kappa shape index (κ1) is 23.3. The van der Waals surface area contributed by atoms with Crippen molar-refractivity contribution < 1.29 is 4.79 Å². The minimum absolute atomic E-state index is 0.0878. The number of aromatic nitrogens is 4. The average Bonchev–Trinajstić information content (AvgIpc) is 3.58. The van der Waals surface area contributed by atoms with Crippen LogP contribution >= 0.6 is 0 Å². The number of nitrogens with zero attached hydrogens (tertiary/aromatic N) is 6. The van der Waals surface area contributed by atoms with Crippen LogP contribution in [0, 0.1) is 0 Å². The van der Waals surface area contributed by atoms with Crippen LogP contribution in [-0.2, 0) is 0 Å². The topological polar surface area (TPSA) is 81.2 Å². The summed E-state index contributed by atoms with van der Waals surface area (Å²) in [6.45, 7) is 4.12. The standard InChI is InChI=1S/C26H39N7O/c1-2-10-22-19-23(16-18-31(22)20-11-5-3-6-12-20)33(21-13-7-4-8-14-21)26(34)32-17-9-15-24(32)25-27-29-30-28-25/h4,7-8,13-14,20,22-24H,2-3,5-6,9-12,15-19H2,1H3,(H,27,28,29,30)/t22-,23-,24-/m0/s1. The Morgan fingerprint density at radius 2 is 1.88 bits per heavy atom. The van der Waals surface area contributed by atoms with Crippen molar-refractivity contribution in [2.24, 2.45) is 0 Å². The van der Waals surface area contributed by atoms with E-state index in [0.29, 0.717) is 11.9 Å². The van der Waals surface area contributed by atoms with Crippen molar-refractivity contribution in [1.29, 1.82) is 0 Å². The van der Waals surface area contributed by atoms with Gasteiger partial charge in [-0.25, -0.2) is 4.79 Å². The highest BCUT2D eigenvalue weighted by atomic mass is 16.2. The number of carbonyl (C=O) groups is 1. The van der Waals surface area contributed by atoms with Crippen LogP contribution in [0.1, 0.15) is 89.4 Å². The zero-order valence-corrected chi connectivity index (χ0v) is 20.5. The van der Waals surface area contributed by atoms with Crippen LogP contribution in [0.25, 0.3) is 0 Å². The molecule has 8 nitrogen and oxygen atoms in total. The molecule has 5 rings (SSSR count). The van der Waals surface area contributed by atoms with Gasteiger partial charge in [-0.2, -0.15) is 5.21 Å². The molecule has 3 heterocycles. The maximum atomic E-state index is 14.2. The highest BCUT2D eigenvalue weighted by Gasteiger charge is 2.41. The summed E-state index contributed by atoms with van der Waals surface area (Å²) in [6.07, 6.45) is 13.1. The second-order valence-electron chi connectivity index (χ2n) is 10.3. The van der Waals surface area contributed by atoms with Gasteiger partial charge in [0.25, 0.3) is 0 Å². The molecule has 2 aliphatic heterocycles. The Labute approximate surface area is 203 Å². The molecule has 1 saturated carbocycles. The summed E-state index contributed by atoms with van der Waals surface area (Å²) in [5.41, 5.74) is 0.998. The minimum atomic E-state index is -0.105. The number of piperidine rings is 1. The van der Waals surface area contributed by atoms with Crippen molar-refractivity contribution in [3.63, 3.8) is 0 Å². The molecule has 0 radical (unpaired) electrons. The lowest BCUT2D eigenvalue weighted by atomic mass is 9.87. The van der Waals surface area contributed by atoms with Gasteiger partial charge in [0.05, 0.1) is 6.04 Å². The highest BCUT2D eigenvalue weighted by molar-refractivity contribution is 5.93. The van der Waals surface area contributed by atoms with E-state index in [1.165, 1.54) is 44.9 Å². The van der Waals surface area contributed by atoms with Gasteiger partial charge >= 0.3 is 6.03 Å². The molecule has 3 fully saturated rings. The molecular weight excluding hydrogens is 426 g/mol. The Kier molecular flexibility index (Phi) is 7.42. The lowest BCUT2D eigenvalue weighted by Crippen LogP contribution is -2.57. The molecule has 1 N–H and O–H groups in total. The summed E-state index contributed by atoms with van der Waals surface area (Å²) < 4.78 is 0. The Morgan fingerprint density at radius 3 is 2.62 bits per heavy atom. The molecule has 8 heteroatoms. The second-order valence-corrected chi connectivity index (χ2v) is 10.3. The number of para-hydroxylation sites is 1. The van der Waals surface area contributed by atoms with E-state index in [1.54, 1.807) is 0 Å². The van der Waals surface area contributed by atoms with E-state index in [4.69, 9.17) is 0 Å². The number of H-pyrrole nitrogens is 1. The summed E-state index contributed by atoms with van der Waals surface area (Å²) in [6, 6.07) is 11.7. The van der Waals surface area contributed by atoms with Gasteiger partial charge < -0.3 is 4.90 Å². The minimum Gasteiger partial charge on any atom is -0.314 e. The van der Waals surface area contributed by atoms with Crippen LogP contribution in [0.3, 0.4) is 0 Å². The van der Waals surface area contributed by atoms with Crippen LogP contribution in [-0.4, -0.2) is 67.7 Å². The molecule has 2 aromatic rings. The van der Waals surface area contributed by atoms with Gasteiger partial charge in [0.2, 0.25) is 0 Å². The van der Waals surface area contributed by atoms with Gasteiger partial charge in [0.1, 0.15) is 0 Å². The van der Waals surface area contributed by atoms with Crippen molar-refractivity contribution in [3.8, 4) is 0 Å². The fraction of sp³-hybridized carbons (Fsp3) is 0.692. The number of tetrazole rings is 1. The van der Waals surface area contributed by atoms with Crippen molar-refractivity contribution in [1.82, 2.24) is 30.4 Å². The third-order valence-corrected chi connectivity index (χ3v) is 8.16. The maximum Gasteiger partial charge on any atom is 0.325 e. The molecule has 0 bridgehead atoms. The molecule has 3 aliphatic rings. The van der Waals surface area contributed by atoms with Gasteiger partial charge in [-0.15, -0.1) is 10.2 Å². The highest BCUT2D eigenvalue weighted by Crippen LogP contribution is 2.36. The third-order valence-electron chi connectivity index (χ3n) is 8.16. The number of benzene rings is 1. The lowest BCUT2D eigenvalue weighted by molar-refractivity contribution is 0.0587. The normalized spacial score (nSPS) is 26.6. The van der Waals surface area contributed by atoms with E-state index < -0.39 is 0 Å². The summed E-state index contributed by atoms with van der Waals surface area (Å²) in [5, 5.41) is 14.7. The zero-order valence-electron chi connectivity index (χ0n) is 20.5. The predicted molar refractivity (Wildman–Crippen MR) is 132 cm³/mol. The molecule has 184 valence electrons. The first-order chi connectivity index (χ1) is 16.8. The van der Waals surface area contributed by atoms with Gasteiger partial charge in [-0.1, -0.05) is 56.0 Å². The van der Waals surface area contributed by atoms with Gasteiger partial charge in [-0.05, 0) is 57.1 Å². The van der Waals surface area contributed by atoms with Crippen LogP contribution < -0.4 is 4.90 Å². The van der Waals surface area contributed by atoms with E-state index in [0.717, 1.165) is 50.5 Å². The number of amides is 2. The Balaban J connectivity index is 1.39. The number of hydrogen-bond donors (Lipinski definition) is 1. The monoisotopic (exact) mass is 465 g/mol. The number of urea groups is 1. The van der Waals surface area contributed by atoms with E-state index in [9.17, 15) is 4.79 Å². The molecule has 0 spiro atoms. The molecule has 1 aliphatic carbocycles. The Hall–Kier alpha value is -2.48. The van der Waals surface area contributed by atoms with Gasteiger partial charge in [0.15, 0.2) is 5.82 Å². The summed E-state index contributed by atoms with van der Waals surface area (Å²) in [5.74, 6) is 0.620. The van der Waals surface area contributed by atoms with Crippen LogP contribution in [0.4, 0.5) is 10.5 Å². The number of nitrogens with one attached hydrogen (secondary N) is 1. The van der Waals surface area contributed by atoms with E-state index in [2.05, 4.69) is 49.5 Å². The van der Waals surface area contributed by atoms with Crippen LogP contribution in [0.2, 0.25) is 0 Å². The zero-order chi connectivity index (χ0) is 23.3. The fourth-order valence-corrected chi connectivity index (χ4v) is 6.57. The molecular formula is C26H39N7O. The smallest absolute Gasteiger partial charge is 0.314 e. The number of hydrogen-bond acceptors (Lipinski definition) is 5. The molecule has 2 saturated heterocycles. The van der Waals surface area contributed by atoms with E-state index in [1.807, 2.05) is 23.1 Å². The first-order valence-corrected chi connectivity index (χ1v) is 13.4. The first-order valence-electron chi connectivity index (χ1n) is 13.4. The number of rotatable bonds is 6. The second kappa shape index (κ2) is 10.8. The van der Waals surface area contributed by atoms with E-state index >= 15 is 0 Å². The van der Waals surface area contributed by atoms with Gasteiger partial charge in [-0.3, -0.25) is 9.80 Å². The number of aromatic amines is 1. The molecule has 0 unspecified atom stereocenters. The summed E-state index contributed by atoms with van der Waals surface area (Å²) in [7, 11) is 0. The van der Waals surface area contributed by atoms with Crippen molar-refractivity contribution in [2.75, 3.05) is 18.0 Å². The maximum absolute atomic E-state index is 14.2. The van der Waals surface area contributed by atoms with Crippen molar-refractivity contribution in [2.45, 2.75) is 102 Å². The van der Waals surface area contributed by atoms with Crippen LogP contribution in [0.5, 0.6) is 0 Å². The Bertz CT molecular complexity index is 899. The molecule has 1 aromatic heterocycles. The largest absolute Gasteiger partial charge is 0.325 e. The number of anilines is 1.